The zero-order chi connectivity index (χ0) is 14.9. The van der Waals surface area contributed by atoms with Crippen molar-refractivity contribution < 1.29 is 19.3 Å². The van der Waals surface area contributed by atoms with Gasteiger partial charge in [0.25, 0.3) is 11.6 Å². The number of imide groups is 1. The molecular formula is C11H8BrN3O5. The average Bonchev–Trinajstić information content (AvgIpc) is 2.37. The molecule has 1 heterocycles. The summed E-state index contributed by atoms with van der Waals surface area (Å²) in [5.74, 6) is -1.80. The lowest BCUT2D eigenvalue weighted by Crippen LogP contribution is -2.53. The van der Waals surface area contributed by atoms with Crippen LogP contribution in [0.15, 0.2) is 22.7 Å². The van der Waals surface area contributed by atoms with Gasteiger partial charge in [-0.3, -0.25) is 29.8 Å². The Bertz CT molecular complexity index is 614. The number of nitro groups is 1. The van der Waals surface area contributed by atoms with Crippen LogP contribution < -0.4 is 5.32 Å². The van der Waals surface area contributed by atoms with Crippen molar-refractivity contribution in [3.63, 3.8) is 0 Å². The topological polar surface area (TPSA) is 110 Å². The Balaban J connectivity index is 2.33. The first kappa shape index (κ1) is 14.1. The van der Waals surface area contributed by atoms with Gasteiger partial charge in [-0.05, 0) is 22.0 Å². The lowest BCUT2D eigenvalue weighted by molar-refractivity contribution is -0.384. The highest BCUT2D eigenvalue weighted by molar-refractivity contribution is 9.10. The number of amides is 3. The number of rotatable bonds is 2. The van der Waals surface area contributed by atoms with Gasteiger partial charge in [-0.1, -0.05) is 0 Å². The number of halogens is 1. The van der Waals surface area contributed by atoms with Crippen molar-refractivity contribution in [1.29, 1.82) is 0 Å². The zero-order valence-electron chi connectivity index (χ0n) is 9.96. The molecule has 0 saturated carbocycles. The summed E-state index contributed by atoms with van der Waals surface area (Å²) in [6.45, 7) is -0.528. The van der Waals surface area contributed by atoms with Crippen molar-refractivity contribution >= 4 is 39.3 Å². The van der Waals surface area contributed by atoms with Crippen molar-refractivity contribution in [3.05, 3.63) is 38.3 Å². The Labute approximate surface area is 121 Å². The highest BCUT2D eigenvalue weighted by atomic mass is 79.9. The third-order valence-electron chi connectivity index (χ3n) is 2.63. The van der Waals surface area contributed by atoms with Crippen molar-refractivity contribution in [1.82, 2.24) is 10.2 Å². The van der Waals surface area contributed by atoms with Gasteiger partial charge < -0.3 is 4.90 Å². The summed E-state index contributed by atoms with van der Waals surface area (Å²) < 4.78 is 0.353. The Morgan fingerprint density at radius 3 is 2.45 bits per heavy atom. The summed E-state index contributed by atoms with van der Waals surface area (Å²) in [6, 6.07) is 3.72. The molecule has 0 bridgehead atoms. The van der Waals surface area contributed by atoms with Gasteiger partial charge in [0.2, 0.25) is 11.8 Å². The Kier molecular flexibility index (Phi) is 3.79. The minimum atomic E-state index is -0.628. The van der Waals surface area contributed by atoms with E-state index in [4.69, 9.17) is 0 Å². The van der Waals surface area contributed by atoms with Crippen LogP contribution in [-0.4, -0.2) is 40.6 Å². The van der Waals surface area contributed by atoms with E-state index in [1.807, 2.05) is 0 Å². The fourth-order valence-corrected chi connectivity index (χ4v) is 2.16. The molecule has 1 aromatic rings. The highest BCUT2D eigenvalue weighted by Crippen LogP contribution is 2.24. The van der Waals surface area contributed by atoms with Crippen LogP contribution in [0.1, 0.15) is 10.4 Å². The molecular weight excluding hydrogens is 334 g/mol. The maximum atomic E-state index is 12.2. The molecule has 1 saturated heterocycles. The molecule has 1 aliphatic heterocycles. The molecule has 0 spiro atoms. The molecule has 2 rings (SSSR count). The second-order valence-electron chi connectivity index (χ2n) is 4.05. The molecule has 8 nitrogen and oxygen atoms in total. The van der Waals surface area contributed by atoms with E-state index in [2.05, 4.69) is 21.2 Å². The van der Waals surface area contributed by atoms with E-state index in [1.54, 1.807) is 0 Å². The molecule has 104 valence electrons. The summed E-state index contributed by atoms with van der Waals surface area (Å²) in [7, 11) is 0. The van der Waals surface area contributed by atoms with Gasteiger partial charge >= 0.3 is 0 Å². The van der Waals surface area contributed by atoms with E-state index in [1.165, 1.54) is 12.1 Å². The standard InChI is InChI=1S/C11H8BrN3O5/c12-8-2-1-6(15(19)20)3-7(8)11(18)14-4-9(16)13-10(17)5-14/h1-3H,4-5H2,(H,13,16,17). The molecule has 0 atom stereocenters. The first-order valence-corrected chi connectivity index (χ1v) is 6.23. The maximum Gasteiger partial charge on any atom is 0.270 e. The molecule has 1 aliphatic rings. The molecule has 0 aromatic heterocycles. The summed E-state index contributed by atoms with van der Waals surface area (Å²) in [5.41, 5.74) is -0.217. The Morgan fingerprint density at radius 1 is 1.30 bits per heavy atom. The Morgan fingerprint density at radius 2 is 1.90 bits per heavy atom. The van der Waals surface area contributed by atoms with E-state index < -0.39 is 22.6 Å². The van der Waals surface area contributed by atoms with Crippen molar-refractivity contribution in [2.45, 2.75) is 0 Å². The third-order valence-corrected chi connectivity index (χ3v) is 3.32. The third kappa shape index (κ3) is 2.82. The van der Waals surface area contributed by atoms with Crippen LogP contribution in [0.5, 0.6) is 0 Å². The molecule has 1 N–H and O–H groups in total. The van der Waals surface area contributed by atoms with Crippen molar-refractivity contribution in [2.75, 3.05) is 13.1 Å². The van der Waals surface area contributed by atoms with Gasteiger partial charge in [-0.25, -0.2) is 0 Å². The number of nitrogens with one attached hydrogen (secondary N) is 1. The van der Waals surface area contributed by atoms with Crippen LogP contribution in [0.2, 0.25) is 0 Å². The zero-order valence-corrected chi connectivity index (χ0v) is 11.5. The lowest BCUT2D eigenvalue weighted by atomic mass is 10.1. The fraction of sp³-hybridized carbons (Fsp3) is 0.182. The summed E-state index contributed by atoms with van der Waals surface area (Å²) in [6.07, 6.45) is 0. The molecule has 1 aromatic carbocycles. The molecule has 0 unspecified atom stereocenters. The van der Waals surface area contributed by atoms with Crippen LogP contribution in [0.3, 0.4) is 0 Å². The van der Waals surface area contributed by atoms with Crippen molar-refractivity contribution in [2.24, 2.45) is 0 Å². The van der Waals surface area contributed by atoms with Crippen LogP contribution in [-0.2, 0) is 9.59 Å². The van der Waals surface area contributed by atoms with E-state index in [9.17, 15) is 24.5 Å². The molecule has 0 radical (unpaired) electrons. The highest BCUT2D eigenvalue weighted by Gasteiger charge is 2.28. The number of hydrogen-bond donors (Lipinski definition) is 1. The molecule has 3 amide bonds. The largest absolute Gasteiger partial charge is 0.320 e. The van der Waals surface area contributed by atoms with Gasteiger partial charge in [0.05, 0.1) is 10.5 Å². The second-order valence-corrected chi connectivity index (χ2v) is 4.91. The number of carbonyl (C=O) groups is 3. The predicted molar refractivity (Wildman–Crippen MR) is 69.8 cm³/mol. The number of carbonyl (C=O) groups excluding carboxylic acids is 3. The average molecular weight is 342 g/mol. The van der Waals surface area contributed by atoms with Crippen molar-refractivity contribution in [3.8, 4) is 0 Å². The van der Waals surface area contributed by atoms with Gasteiger partial charge in [0, 0.05) is 16.6 Å². The predicted octanol–water partition coefficient (Wildman–Crippen LogP) is 0.456. The monoisotopic (exact) mass is 341 g/mol. The minimum absolute atomic E-state index is 0.0294. The number of nitro benzene ring substituents is 1. The van der Waals surface area contributed by atoms with Crippen LogP contribution in [0.4, 0.5) is 5.69 Å². The van der Waals surface area contributed by atoms with Crippen LogP contribution >= 0.6 is 15.9 Å². The molecule has 9 heteroatoms. The summed E-state index contributed by atoms with van der Waals surface area (Å²) >= 11 is 3.12. The molecule has 1 fully saturated rings. The first-order valence-electron chi connectivity index (χ1n) is 5.44. The van der Waals surface area contributed by atoms with E-state index in [0.717, 1.165) is 11.0 Å². The normalized spacial score (nSPS) is 14.9. The lowest BCUT2D eigenvalue weighted by Gasteiger charge is -2.25. The van der Waals surface area contributed by atoms with Crippen LogP contribution in [0.25, 0.3) is 0 Å². The molecule has 0 aliphatic carbocycles. The SMILES string of the molecule is O=C1CN(C(=O)c2cc([N+](=O)[O-])ccc2Br)CC(=O)N1. The summed E-state index contributed by atoms with van der Waals surface area (Å²) in [5, 5.41) is 12.8. The van der Waals surface area contributed by atoms with Gasteiger partial charge in [-0.2, -0.15) is 0 Å². The number of non-ortho nitro benzene ring substituents is 1. The quantitative estimate of drug-likeness (QED) is 0.477. The smallest absolute Gasteiger partial charge is 0.270 e. The Hall–Kier alpha value is -2.29. The maximum absolute atomic E-state index is 12.2. The minimum Gasteiger partial charge on any atom is -0.320 e. The van der Waals surface area contributed by atoms with Gasteiger partial charge in [0.15, 0.2) is 0 Å². The fourth-order valence-electron chi connectivity index (χ4n) is 1.74. The first-order chi connectivity index (χ1) is 9.38. The number of benzene rings is 1. The number of piperazine rings is 1. The van der Waals surface area contributed by atoms with E-state index in [0.29, 0.717) is 4.47 Å². The van der Waals surface area contributed by atoms with Gasteiger partial charge in [-0.15, -0.1) is 0 Å². The van der Waals surface area contributed by atoms with E-state index >= 15 is 0 Å². The number of nitrogens with zero attached hydrogens (tertiary/aromatic N) is 2. The molecule has 20 heavy (non-hydrogen) atoms. The second kappa shape index (κ2) is 5.37. The van der Waals surface area contributed by atoms with Gasteiger partial charge in [0.1, 0.15) is 13.1 Å². The number of hydrogen-bond acceptors (Lipinski definition) is 5. The summed E-state index contributed by atoms with van der Waals surface area (Å²) in [4.78, 5) is 45.8. The van der Waals surface area contributed by atoms with Crippen LogP contribution in [0, 0.1) is 10.1 Å². The van der Waals surface area contributed by atoms with E-state index in [-0.39, 0.29) is 24.3 Å².